The molecule has 0 spiro atoms. The number of methoxy groups -OCH3 is 1. The van der Waals surface area contributed by atoms with Crippen LogP contribution in [0.3, 0.4) is 0 Å². The zero-order chi connectivity index (χ0) is 23.6. The van der Waals surface area contributed by atoms with Crippen LogP contribution < -0.4 is 4.74 Å². The molecule has 2 aliphatic rings. The number of amides is 1. The van der Waals surface area contributed by atoms with Crippen LogP contribution in [0, 0.1) is 12.8 Å². The quantitative estimate of drug-likeness (QED) is 0.616. The Morgan fingerprint density at radius 1 is 1.27 bits per heavy atom. The number of fused-ring (bicyclic) bond motifs is 2. The van der Waals surface area contributed by atoms with Crippen molar-refractivity contribution in [2.24, 2.45) is 5.92 Å². The van der Waals surface area contributed by atoms with E-state index in [2.05, 4.69) is 55.8 Å². The molecule has 1 N–H and O–H groups in total. The average molecular weight is 452 g/mol. The topological polar surface area (TPSA) is 48.6 Å². The molecule has 1 aliphatic carbocycles. The molecular formula is C28H41N3O2. The van der Waals surface area contributed by atoms with Gasteiger partial charge in [-0.3, -0.25) is 4.79 Å². The number of unbranched alkanes of at least 4 members (excludes halogenated alkanes) is 1. The Morgan fingerprint density at radius 3 is 2.76 bits per heavy atom. The monoisotopic (exact) mass is 451 g/mol. The Hall–Kier alpha value is -2.27. The van der Waals surface area contributed by atoms with Crippen molar-refractivity contribution in [3.05, 3.63) is 52.3 Å². The van der Waals surface area contributed by atoms with Crippen LogP contribution in [0.15, 0.2) is 24.3 Å². The number of carbonyl (C=O) groups excluding carboxylic acids is 1. The lowest BCUT2D eigenvalue weighted by molar-refractivity contribution is 0.0765. The van der Waals surface area contributed by atoms with Gasteiger partial charge in [-0.2, -0.15) is 0 Å². The molecule has 2 heterocycles. The first-order valence-electron chi connectivity index (χ1n) is 12.8. The molecule has 2 aromatic rings. The van der Waals surface area contributed by atoms with Gasteiger partial charge in [-0.15, -0.1) is 0 Å². The van der Waals surface area contributed by atoms with Crippen molar-refractivity contribution >= 4 is 5.91 Å². The molecule has 0 unspecified atom stereocenters. The van der Waals surface area contributed by atoms with Crippen LogP contribution in [0.5, 0.6) is 5.75 Å². The minimum atomic E-state index is 0.0804. The lowest BCUT2D eigenvalue weighted by Crippen LogP contribution is -2.53. The number of benzene rings is 1. The number of H-pyrrole nitrogens is 1. The highest BCUT2D eigenvalue weighted by Crippen LogP contribution is 2.49. The summed E-state index contributed by atoms with van der Waals surface area (Å²) in [4.78, 5) is 21.4. The standard InChI is InChI=1S/C28H41N3O2/c1-6-9-14-30-15-13-28(21-11-10-12-23(16-21)33-5)18-25-24(17-22(28)19-30)20(4)26(29-25)27(32)31(7-2)8-3/h10-12,16,22,29H,6-9,13-15,17-19H2,1-5H3/t22-,28+/m1/s1. The summed E-state index contributed by atoms with van der Waals surface area (Å²) in [6.07, 6.45) is 5.64. The van der Waals surface area contributed by atoms with Gasteiger partial charge < -0.3 is 19.5 Å². The normalized spacial score (nSPS) is 22.5. The summed E-state index contributed by atoms with van der Waals surface area (Å²) in [6, 6.07) is 8.71. The molecule has 1 fully saturated rings. The highest BCUT2D eigenvalue weighted by atomic mass is 16.5. The van der Waals surface area contributed by atoms with E-state index in [0.717, 1.165) is 62.4 Å². The molecule has 5 heteroatoms. The molecule has 1 saturated heterocycles. The molecular weight excluding hydrogens is 410 g/mol. The summed E-state index contributed by atoms with van der Waals surface area (Å²) in [5.74, 6) is 1.60. The SMILES string of the molecule is CCCCN1CC[C@@]2(c3cccc(OC)c3)Cc3[nH]c(C(=O)N(CC)CC)c(C)c3C[C@@H]2C1. The molecule has 180 valence electrons. The molecule has 0 radical (unpaired) electrons. The smallest absolute Gasteiger partial charge is 0.270 e. The second kappa shape index (κ2) is 9.92. The van der Waals surface area contributed by atoms with Gasteiger partial charge in [0.05, 0.1) is 7.11 Å². The maximum absolute atomic E-state index is 13.2. The average Bonchev–Trinajstić information content (AvgIpc) is 3.16. The van der Waals surface area contributed by atoms with Crippen LogP contribution in [0.1, 0.15) is 72.9 Å². The molecule has 1 aliphatic heterocycles. The van der Waals surface area contributed by atoms with Crippen LogP contribution in [0.2, 0.25) is 0 Å². The van der Waals surface area contributed by atoms with Crippen molar-refractivity contribution in [3.63, 3.8) is 0 Å². The van der Waals surface area contributed by atoms with E-state index in [1.54, 1.807) is 7.11 Å². The van der Waals surface area contributed by atoms with Gasteiger partial charge in [-0.25, -0.2) is 0 Å². The molecule has 2 atom stereocenters. The second-order valence-corrected chi connectivity index (χ2v) is 9.93. The fraction of sp³-hybridized carbons (Fsp3) is 0.607. The summed E-state index contributed by atoms with van der Waals surface area (Å²) >= 11 is 0. The summed E-state index contributed by atoms with van der Waals surface area (Å²) in [6.45, 7) is 13.4. The number of ether oxygens (including phenoxy) is 1. The van der Waals surface area contributed by atoms with Crippen LogP contribution in [-0.4, -0.2) is 60.5 Å². The summed E-state index contributed by atoms with van der Waals surface area (Å²) < 4.78 is 5.60. The van der Waals surface area contributed by atoms with Crippen molar-refractivity contribution in [3.8, 4) is 5.75 Å². The third kappa shape index (κ3) is 4.32. The largest absolute Gasteiger partial charge is 0.497 e. The first-order valence-corrected chi connectivity index (χ1v) is 12.8. The van der Waals surface area contributed by atoms with Gasteiger partial charge in [0.25, 0.3) is 5.91 Å². The molecule has 33 heavy (non-hydrogen) atoms. The van der Waals surface area contributed by atoms with Crippen LogP contribution in [-0.2, 0) is 18.3 Å². The van der Waals surface area contributed by atoms with Crippen LogP contribution in [0.4, 0.5) is 0 Å². The molecule has 5 nitrogen and oxygen atoms in total. The third-order valence-electron chi connectivity index (χ3n) is 8.28. The molecule has 4 rings (SSSR count). The van der Waals surface area contributed by atoms with Crippen molar-refractivity contribution in [1.29, 1.82) is 0 Å². The van der Waals surface area contributed by atoms with E-state index in [1.165, 1.54) is 36.2 Å². The Morgan fingerprint density at radius 2 is 2.06 bits per heavy atom. The maximum Gasteiger partial charge on any atom is 0.270 e. The molecule has 1 aromatic heterocycles. The van der Waals surface area contributed by atoms with Crippen LogP contribution in [0.25, 0.3) is 0 Å². The van der Waals surface area contributed by atoms with Crippen molar-refractivity contribution in [2.45, 2.75) is 65.2 Å². The fourth-order valence-corrected chi connectivity index (χ4v) is 6.20. The van der Waals surface area contributed by atoms with E-state index >= 15 is 0 Å². The second-order valence-electron chi connectivity index (χ2n) is 9.93. The third-order valence-corrected chi connectivity index (χ3v) is 8.28. The predicted octanol–water partition coefficient (Wildman–Crippen LogP) is 4.97. The van der Waals surface area contributed by atoms with Gasteiger partial charge in [-0.05, 0) is 94.3 Å². The van der Waals surface area contributed by atoms with E-state index < -0.39 is 0 Å². The number of hydrogen-bond acceptors (Lipinski definition) is 3. The summed E-state index contributed by atoms with van der Waals surface area (Å²) in [5, 5.41) is 0. The molecule has 0 saturated carbocycles. The van der Waals surface area contributed by atoms with Gasteiger partial charge in [0, 0.05) is 30.7 Å². The number of likely N-dealkylation sites (tertiary alicyclic amines) is 1. The molecule has 0 bridgehead atoms. The van der Waals surface area contributed by atoms with Gasteiger partial charge >= 0.3 is 0 Å². The summed E-state index contributed by atoms with van der Waals surface area (Å²) in [5.41, 5.74) is 6.07. The number of aromatic amines is 1. The van der Waals surface area contributed by atoms with E-state index in [1.807, 2.05) is 11.0 Å². The number of carbonyl (C=O) groups is 1. The van der Waals surface area contributed by atoms with Gasteiger partial charge in [0.1, 0.15) is 11.4 Å². The van der Waals surface area contributed by atoms with E-state index in [9.17, 15) is 4.79 Å². The van der Waals surface area contributed by atoms with E-state index in [0.29, 0.717) is 5.92 Å². The fourth-order valence-electron chi connectivity index (χ4n) is 6.20. The Bertz CT molecular complexity index is 978. The minimum Gasteiger partial charge on any atom is -0.497 e. The highest BCUT2D eigenvalue weighted by molar-refractivity contribution is 5.94. The first-order chi connectivity index (χ1) is 16.0. The number of piperidine rings is 1. The molecule has 1 amide bonds. The van der Waals surface area contributed by atoms with Crippen molar-refractivity contribution < 1.29 is 9.53 Å². The van der Waals surface area contributed by atoms with Crippen molar-refractivity contribution in [2.75, 3.05) is 39.8 Å². The van der Waals surface area contributed by atoms with E-state index in [4.69, 9.17) is 4.74 Å². The number of nitrogens with one attached hydrogen (secondary N) is 1. The number of nitrogens with zero attached hydrogens (tertiary/aromatic N) is 2. The highest BCUT2D eigenvalue weighted by Gasteiger charge is 2.48. The van der Waals surface area contributed by atoms with E-state index in [-0.39, 0.29) is 11.3 Å². The predicted molar refractivity (Wildman–Crippen MR) is 134 cm³/mol. The Kier molecular flexibility index (Phi) is 7.18. The lowest BCUT2D eigenvalue weighted by Gasteiger charge is -2.51. The van der Waals surface area contributed by atoms with Gasteiger partial charge in [-0.1, -0.05) is 25.5 Å². The minimum absolute atomic E-state index is 0.0804. The zero-order valence-corrected chi connectivity index (χ0v) is 21.2. The molecule has 1 aromatic carbocycles. The van der Waals surface area contributed by atoms with Crippen molar-refractivity contribution in [1.82, 2.24) is 14.8 Å². The van der Waals surface area contributed by atoms with Crippen LogP contribution >= 0.6 is 0 Å². The lowest BCUT2D eigenvalue weighted by atomic mass is 9.58. The van der Waals surface area contributed by atoms with Gasteiger partial charge in [0.15, 0.2) is 0 Å². The number of rotatable bonds is 8. The number of aromatic nitrogens is 1. The Balaban J connectivity index is 1.74. The van der Waals surface area contributed by atoms with Gasteiger partial charge in [0.2, 0.25) is 0 Å². The first kappa shape index (κ1) is 23.9. The number of hydrogen-bond donors (Lipinski definition) is 1. The zero-order valence-electron chi connectivity index (χ0n) is 21.2. The summed E-state index contributed by atoms with van der Waals surface area (Å²) in [7, 11) is 1.75. The Labute approximate surface area is 199 Å². The maximum atomic E-state index is 13.2.